The van der Waals surface area contributed by atoms with Gasteiger partial charge in [-0.15, -0.1) is 0 Å². The van der Waals surface area contributed by atoms with Crippen molar-refractivity contribution < 1.29 is 4.79 Å². The van der Waals surface area contributed by atoms with Gasteiger partial charge < -0.3 is 5.32 Å². The molecule has 2 atom stereocenters. The van der Waals surface area contributed by atoms with Gasteiger partial charge in [0.15, 0.2) is 0 Å². The van der Waals surface area contributed by atoms with Crippen LogP contribution in [0.15, 0.2) is 84.9 Å². The zero-order chi connectivity index (χ0) is 19.9. The molecule has 0 aliphatic rings. The maximum Gasteiger partial charge on any atom is 0.241 e. The van der Waals surface area contributed by atoms with E-state index >= 15 is 0 Å². The van der Waals surface area contributed by atoms with E-state index in [1.165, 1.54) is 5.56 Å². The van der Waals surface area contributed by atoms with Crippen molar-refractivity contribution in [3.8, 4) is 11.1 Å². The van der Waals surface area contributed by atoms with Crippen LogP contribution in [0.1, 0.15) is 32.4 Å². The Hall–Kier alpha value is -2.91. The van der Waals surface area contributed by atoms with Crippen molar-refractivity contribution in [3.05, 3.63) is 90.5 Å². The Morgan fingerprint density at radius 3 is 1.96 bits per heavy atom. The van der Waals surface area contributed by atoms with Crippen LogP contribution in [-0.2, 0) is 4.79 Å². The monoisotopic (exact) mass is 372 g/mol. The molecule has 0 saturated heterocycles. The van der Waals surface area contributed by atoms with Crippen molar-refractivity contribution in [2.75, 3.05) is 5.32 Å². The van der Waals surface area contributed by atoms with Crippen LogP contribution in [0.3, 0.4) is 0 Å². The van der Waals surface area contributed by atoms with Crippen LogP contribution in [0.2, 0.25) is 0 Å². The molecule has 144 valence electrons. The Morgan fingerprint density at radius 2 is 1.32 bits per heavy atom. The zero-order valence-corrected chi connectivity index (χ0v) is 16.7. The van der Waals surface area contributed by atoms with Gasteiger partial charge in [-0.1, -0.05) is 92.7 Å². The summed E-state index contributed by atoms with van der Waals surface area (Å²) < 4.78 is 0. The molecular formula is C25H28N2O. The van der Waals surface area contributed by atoms with Crippen LogP contribution in [-0.4, -0.2) is 11.9 Å². The number of rotatable bonds is 7. The number of para-hydroxylation sites is 1. The first-order valence-corrected chi connectivity index (χ1v) is 9.82. The minimum absolute atomic E-state index is 0.0371. The number of nitrogens with one attached hydrogen (secondary N) is 2. The van der Waals surface area contributed by atoms with E-state index in [0.717, 1.165) is 16.8 Å². The van der Waals surface area contributed by atoms with Gasteiger partial charge in [-0.2, -0.15) is 0 Å². The molecule has 0 bridgehead atoms. The highest BCUT2D eigenvalue weighted by Gasteiger charge is 2.22. The van der Waals surface area contributed by atoms with Crippen molar-refractivity contribution in [3.63, 3.8) is 0 Å². The summed E-state index contributed by atoms with van der Waals surface area (Å²) in [5, 5.41) is 6.60. The second-order valence-corrected chi connectivity index (χ2v) is 7.42. The highest BCUT2D eigenvalue weighted by Crippen LogP contribution is 2.28. The van der Waals surface area contributed by atoms with Crippen LogP contribution < -0.4 is 10.6 Å². The molecule has 0 heterocycles. The Kier molecular flexibility index (Phi) is 6.62. The average molecular weight is 373 g/mol. The van der Waals surface area contributed by atoms with Crippen LogP contribution in [0.25, 0.3) is 11.1 Å². The molecule has 3 heteroatoms. The van der Waals surface area contributed by atoms with E-state index < -0.39 is 0 Å². The van der Waals surface area contributed by atoms with Gasteiger partial charge in [0.1, 0.15) is 0 Å². The summed E-state index contributed by atoms with van der Waals surface area (Å²) in [5.74, 6) is 0.333. The molecule has 0 saturated carbocycles. The van der Waals surface area contributed by atoms with Crippen LogP contribution in [0, 0.1) is 5.92 Å². The molecule has 0 unspecified atom stereocenters. The van der Waals surface area contributed by atoms with E-state index in [9.17, 15) is 4.79 Å². The summed E-state index contributed by atoms with van der Waals surface area (Å²) in [4.78, 5) is 12.9. The summed E-state index contributed by atoms with van der Waals surface area (Å²) in [6.45, 7) is 6.25. The Balaban J connectivity index is 1.75. The summed E-state index contributed by atoms with van der Waals surface area (Å²) in [5.41, 5.74) is 4.13. The standard InChI is InChI=1S/C25H28N2O/c1-18(2)24(21-14-8-5-9-15-21)26-19(3)25(28)27-23-17-11-10-16-22(23)20-12-6-4-7-13-20/h4-19,24,26H,1-3H3,(H,27,28)/t19-,24-/m1/s1. The van der Waals surface area contributed by atoms with Crippen molar-refractivity contribution in [1.29, 1.82) is 0 Å². The molecule has 0 aromatic heterocycles. The first-order chi connectivity index (χ1) is 13.6. The Bertz CT molecular complexity index is 891. The fourth-order valence-electron chi connectivity index (χ4n) is 3.38. The van der Waals surface area contributed by atoms with Gasteiger partial charge >= 0.3 is 0 Å². The summed E-state index contributed by atoms with van der Waals surface area (Å²) in [7, 11) is 0. The molecule has 0 fully saturated rings. The Morgan fingerprint density at radius 1 is 0.750 bits per heavy atom. The molecular weight excluding hydrogens is 344 g/mol. The van der Waals surface area contributed by atoms with Crippen molar-refractivity contribution in [2.45, 2.75) is 32.9 Å². The van der Waals surface area contributed by atoms with E-state index in [2.05, 4.69) is 48.7 Å². The molecule has 3 rings (SSSR count). The molecule has 3 aromatic rings. The van der Waals surface area contributed by atoms with Crippen LogP contribution >= 0.6 is 0 Å². The van der Waals surface area contributed by atoms with Gasteiger partial charge in [0.25, 0.3) is 0 Å². The molecule has 0 aliphatic carbocycles. The van der Waals surface area contributed by atoms with Gasteiger partial charge in [-0.3, -0.25) is 10.1 Å². The van der Waals surface area contributed by atoms with E-state index in [1.807, 2.05) is 67.6 Å². The maximum absolute atomic E-state index is 12.9. The van der Waals surface area contributed by atoms with Gasteiger partial charge in [0.2, 0.25) is 5.91 Å². The third-order valence-electron chi connectivity index (χ3n) is 4.92. The number of benzene rings is 3. The minimum Gasteiger partial charge on any atom is -0.324 e. The van der Waals surface area contributed by atoms with Crippen LogP contribution in [0.5, 0.6) is 0 Å². The average Bonchev–Trinajstić information content (AvgIpc) is 2.73. The lowest BCUT2D eigenvalue weighted by Gasteiger charge is -2.26. The SMILES string of the molecule is CC(C)[C@@H](N[C@H](C)C(=O)Nc1ccccc1-c1ccccc1)c1ccccc1. The van der Waals surface area contributed by atoms with Crippen molar-refractivity contribution in [1.82, 2.24) is 5.32 Å². The number of anilines is 1. The number of hydrogen-bond donors (Lipinski definition) is 2. The second-order valence-electron chi connectivity index (χ2n) is 7.42. The lowest BCUT2D eigenvalue weighted by atomic mass is 9.95. The van der Waals surface area contributed by atoms with Crippen molar-refractivity contribution >= 4 is 11.6 Å². The predicted molar refractivity (Wildman–Crippen MR) is 117 cm³/mol. The van der Waals surface area contributed by atoms with Gasteiger partial charge in [-0.05, 0) is 30.0 Å². The van der Waals surface area contributed by atoms with E-state index in [-0.39, 0.29) is 18.0 Å². The fraction of sp³-hybridized carbons (Fsp3) is 0.240. The summed E-state index contributed by atoms with van der Waals surface area (Å²) in [6.07, 6.45) is 0. The molecule has 2 N–H and O–H groups in total. The topological polar surface area (TPSA) is 41.1 Å². The first kappa shape index (κ1) is 19.8. The zero-order valence-electron chi connectivity index (χ0n) is 16.7. The van der Waals surface area contributed by atoms with Gasteiger partial charge in [0.05, 0.1) is 6.04 Å². The third kappa shape index (κ3) is 4.87. The third-order valence-corrected chi connectivity index (χ3v) is 4.92. The second kappa shape index (κ2) is 9.34. The first-order valence-electron chi connectivity index (χ1n) is 9.82. The molecule has 1 amide bonds. The maximum atomic E-state index is 12.9. The predicted octanol–water partition coefficient (Wildman–Crippen LogP) is 5.67. The summed E-state index contributed by atoms with van der Waals surface area (Å²) in [6, 6.07) is 28.1. The fourth-order valence-corrected chi connectivity index (χ4v) is 3.38. The molecule has 0 spiro atoms. The smallest absolute Gasteiger partial charge is 0.241 e. The lowest BCUT2D eigenvalue weighted by Crippen LogP contribution is -2.41. The lowest BCUT2D eigenvalue weighted by molar-refractivity contribution is -0.118. The van der Waals surface area contributed by atoms with Gasteiger partial charge in [0, 0.05) is 17.3 Å². The highest BCUT2D eigenvalue weighted by atomic mass is 16.2. The van der Waals surface area contributed by atoms with Crippen LogP contribution in [0.4, 0.5) is 5.69 Å². The number of carbonyl (C=O) groups excluding carboxylic acids is 1. The molecule has 3 aromatic carbocycles. The Labute approximate surface area is 167 Å². The highest BCUT2D eigenvalue weighted by molar-refractivity contribution is 5.98. The van der Waals surface area contributed by atoms with Gasteiger partial charge in [-0.25, -0.2) is 0 Å². The molecule has 28 heavy (non-hydrogen) atoms. The largest absolute Gasteiger partial charge is 0.324 e. The summed E-state index contributed by atoms with van der Waals surface area (Å²) >= 11 is 0. The molecule has 0 radical (unpaired) electrons. The van der Waals surface area contributed by atoms with E-state index in [4.69, 9.17) is 0 Å². The number of hydrogen-bond acceptors (Lipinski definition) is 2. The van der Waals surface area contributed by atoms with E-state index in [1.54, 1.807) is 0 Å². The normalized spacial score (nSPS) is 13.1. The van der Waals surface area contributed by atoms with Crippen molar-refractivity contribution in [2.24, 2.45) is 5.92 Å². The number of carbonyl (C=O) groups is 1. The quantitative estimate of drug-likeness (QED) is 0.561. The minimum atomic E-state index is -0.323. The number of amides is 1. The molecule has 0 aliphatic heterocycles. The van der Waals surface area contributed by atoms with E-state index in [0.29, 0.717) is 5.92 Å². The molecule has 3 nitrogen and oxygen atoms in total.